The Morgan fingerprint density at radius 2 is 1.83 bits per heavy atom. The number of aromatic nitrogens is 3. The summed E-state index contributed by atoms with van der Waals surface area (Å²) < 4.78 is 5.67. The molecule has 7 heteroatoms. The van der Waals surface area contributed by atoms with Gasteiger partial charge in [-0.05, 0) is 38.5 Å². The normalized spacial score (nSPS) is 11.9. The smallest absolute Gasteiger partial charge is 0.273 e. The van der Waals surface area contributed by atoms with Gasteiger partial charge in [-0.1, -0.05) is 42.5 Å². The predicted molar refractivity (Wildman–Crippen MR) is 115 cm³/mol. The van der Waals surface area contributed by atoms with Crippen LogP contribution in [0.5, 0.6) is 5.75 Å². The van der Waals surface area contributed by atoms with Crippen molar-refractivity contribution in [3.63, 3.8) is 0 Å². The lowest BCUT2D eigenvalue weighted by atomic mass is 10.1. The molecule has 3 rings (SSSR count). The van der Waals surface area contributed by atoms with Crippen molar-refractivity contribution in [3.8, 4) is 17.1 Å². The predicted octanol–water partition coefficient (Wildman–Crippen LogP) is 3.43. The summed E-state index contributed by atoms with van der Waals surface area (Å²) in [6.45, 7) is 5.81. The number of ether oxygens (including phenoxy) is 1. The average Bonchev–Trinajstić information content (AvgIpc) is 2.73. The summed E-state index contributed by atoms with van der Waals surface area (Å²) in [6, 6.07) is 16.9. The van der Waals surface area contributed by atoms with Gasteiger partial charge in [0.1, 0.15) is 11.4 Å². The molecular formula is C23H26N4O3. The van der Waals surface area contributed by atoms with E-state index in [9.17, 15) is 9.59 Å². The molecule has 2 aromatic carbocycles. The zero-order chi connectivity index (χ0) is 21.5. The highest BCUT2D eigenvalue weighted by atomic mass is 16.5. The van der Waals surface area contributed by atoms with Crippen LogP contribution in [-0.4, -0.2) is 27.2 Å². The van der Waals surface area contributed by atoms with E-state index in [-0.39, 0.29) is 42.1 Å². The summed E-state index contributed by atoms with van der Waals surface area (Å²) in [4.78, 5) is 27.4. The van der Waals surface area contributed by atoms with Gasteiger partial charge in [0, 0.05) is 18.4 Å². The first-order valence-electron chi connectivity index (χ1n) is 9.99. The second kappa shape index (κ2) is 9.82. The Balaban J connectivity index is 1.62. The van der Waals surface area contributed by atoms with Crippen LogP contribution in [0.2, 0.25) is 0 Å². The van der Waals surface area contributed by atoms with Crippen molar-refractivity contribution in [2.45, 2.75) is 45.8 Å². The Hall–Kier alpha value is -3.48. The number of nitrogens with zero attached hydrogens (tertiary/aromatic N) is 2. The maximum absolute atomic E-state index is 12.4. The summed E-state index contributed by atoms with van der Waals surface area (Å²) >= 11 is 0. The van der Waals surface area contributed by atoms with Crippen LogP contribution in [0.4, 0.5) is 0 Å². The van der Waals surface area contributed by atoms with Gasteiger partial charge in [0.15, 0.2) is 5.82 Å². The Kier molecular flexibility index (Phi) is 6.95. The van der Waals surface area contributed by atoms with Gasteiger partial charge in [0.25, 0.3) is 5.56 Å². The maximum Gasteiger partial charge on any atom is 0.273 e. The van der Waals surface area contributed by atoms with Gasteiger partial charge in [0.05, 0.1) is 12.1 Å². The molecule has 0 fully saturated rings. The number of aromatic amines is 1. The Morgan fingerprint density at radius 3 is 2.53 bits per heavy atom. The van der Waals surface area contributed by atoms with Crippen molar-refractivity contribution in [2.75, 3.05) is 0 Å². The van der Waals surface area contributed by atoms with E-state index in [1.54, 1.807) is 6.07 Å². The van der Waals surface area contributed by atoms with E-state index in [1.807, 2.05) is 69.3 Å². The topological polar surface area (TPSA) is 97.0 Å². The third kappa shape index (κ3) is 5.76. The van der Waals surface area contributed by atoms with Gasteiger partial charge in [0.2, 0.25) is 5.91 Å². The largest absolute Gasteiger partial charge is 0.491 e. The molecule has 0 saturated heterocycles. The molecule has 2 N–H and O–H groups in total. The first kappa shape index (κ1) is 21.2. The molecule has 1 unspecified atom stereocenters. The van der Waals surface area contributed by atoms with E-state index in [4.69, 9.17) is 4.74 Å². The maximum atomic E-state index is 12.4. The van der Waals surface area contributed by atoms with Crippen molar-refractivity contribution >= 4 is 5.91 Å². The molecule has 0 aliphatic heterocycles. The molecule has 7 nitrogen and oxygen atoms in total. The minimum Gasteiger partial charge on any atom is -0.491 e. The average molecular weight is 406 g/mol. The third-order valence-electron chi connectivity index (χ3n) is 4.51. The number of H-pyrrole nitrogens is 1. The van der Waals surface area contributed by atoms with Gasteiger partial charge in [-0.15, -0.1) is 10.2 Å². The monoisotopic (exact) mass is 406 g/mol. The molecule has 0 radical (unpaired) electrons. The van der Waals surface area contributed by atoms with E-state index >= 15 is 0 Å². The first-order chi connectivity index (χ1) is 14.4. The van der Waals surface area contributed by atoms with Crippen LogP contribution in [0, 0.1) is 0 Å². The minimum absolute atomic E-state index is 0.0449. The van der Waals surface area contributed by atoms with Crippen LogP contribution < -0.4 is 15.6 Å². The molecule has 0 aliphatic carbocycles. The van der Waals surface area contributed by atoms with Gasteiger partial charge in [-0.3, -0.25) is 9.59 Å². The number of nitrogens with one attached hydrogen (secondary N) is 2. The number of benzene rings is 2. The van der Waals surface area contributed by atoms with E-state index in [0.717, 1.165) is 5.56 Å². The number of carbonyl (C=O) groups excluding carboxylic acids is 1. The van der Waals surface area contributed by atoms with Crippen LogP contribution in [0.1, 0.15) is 44.5 Å². The van der Waals surface area contributed by atoms with Crippen molar-refractivity contribution in [3.05, 3.63) is 76.2 Å². The second-order valence-electron chi connectivity index (χ2n) is 7.34. The van der Waals surface area contributed by atoms with Crippen molar-refractivity contribution in [1.29, 1.82) is 0 Å². The molecular weight excluding hydrogens is 380 g/mol. The van der Waals surface area contributed by atoms with Crippen LogP contribution in [0.25, 0.3) is 11.4 Å². The second-order valence-corrected chi connectivity index (χ2v) is 7.34. The molecule has 156 valence electrons. The first-order valence-corrected chi connectivity index (χ1v) is 9.99. The molecule has 3 aromatic rings. The molecule has 1 heterocycles. The highest BCUT2D eigenvalue weighted by Crippen LogP contribution is 2.20. The Morgan fingerprint density at radius 1 is 1.07 bits per heavy atom. The van der Waals surface area contributed by atoms with Crippen LogP contribution in [0.3, 0.4) is 0 Å². The molecule has 0 saturated carbocycles. The lowest BCUT2D eigenvalue weighted by Gasteiger charge is -2.14. The SMILES string of the molecule is CC(C)Oc1cccc(-c2nnc(CCC(=O)NC(C)c3ccccc3)c(=O)[nH]2)c1. The molecule has 1 amide bonds. The highest BCUT2D eigenvalue weighted by Gasteiger charge is 2.12. The fraction of sp³-hybridized carbons (Fsp3) is 0.304. The zero-order valence-corrected chi connectivity index (χ0v) is 17.4. The Bertz CT molecular complexity index is 1050. The van der Waals surface area contributed by atoms with E-state index in [1.165, 1.54) is 0 Å². The van der Waals surface area contributed by atoms with E-state index < -0.39 is 0 Å². The minimum atomic E-state index is -0.348. The van der Waals surface area contributed by atoms with Gasteiger partial charge < -0.3 is 15.0 Å². The van der Waals surface area contributed by atoms with Crippen LogP contribution in [0.15, 0.2) is 59.4 Å². The summed E-state index contributed by atoms with van der Waals surface area (Å²) in [6.07, 6.45) is 0.418. The van der Waals surface area contributed by atoms with Crippen LogP contribution in [-0.2, 0) is 11.2 Å². The molecule has 30 heavy (non-hydrogen) atoms. The lowest BCUT2D eigenvalue weighted by Crippen LogP contribution is -2.28. The number of hydrogen-bond donors (Lipinski definition) is 2. The standard InChI is InChI=1S/C23H26N4O3/c1-15(2)30-19-11-7-10-18(14-19)22-25-23(29)20(26-27-22)12-13-21(28)24-16(3)17-8-5-4-6-9-17/h4-11,14-16H,12-13H2,1-3H3,(H,24,28)(H,25,27,29). The summed E-state index contributed by atoms with van der Waals surface area (Å²) in [5, 5.41) is 11.1. The lowest BCUT2D eigenvalue weighted by molar-refractivity contribution is -0.121. The summed E-state index contributed by atoms with van der Waals surface area (Å²) in [5.74, 6) is 0.911. The number of rotatable bonds is 8. The zero-order valence-electron chi connectivity index (χ0n) is 17.4. The fourth-order valence-electron chi connectivity index (χ4n) is 3.01. The van der Waals surface area contributed by atoms with E-state index in [0.29, 0.717) is 17.1 Å². The number of carbonyl (C=O) groups is 1. The molecule has 0 aliphatic rings. The van der Waals surface area contributed by atoms with Gasteiger partial charge in [-0.25, -0.2) is 0 Å². The fourth-order valence-corrected chi connectivity index (χ4v) is 3.01. The molecule has 0 spiro atoms. The van der Waals surface area contributed by atoms with Crippen molar-refractivity contribution in [1.82, 2.24) is 20.5 Å². The van der Waals surface area contributed by atoms with Gasteiger partial charge >= 0.3 is 0 Å². The van der Waals surface area contributed by atoms with Crippen LogP contribution >= 0.6 is 0 Å². The number of aryl methyl sites for hydroxylation is 1. The quantitative estimate of drug-likeness (QED) is 0.597. The number of hydrogen-bond acceptors (Lipinski definition) is 5. The summed E-state index contributed by atoms with van der Waals surface area (Å²) in [7, 11) is 0. The Labute approximate surface area is 175 Å². The molecule has 1 atom stereocenters. The van der Waals surface area contributed by atoms with E-state index in [2.05, 4.69) is 20.5 Å². The third-order valence-corrected chi connectivity index (χ3v) is 4.51. The van der Waals surface area contributed by atoms with Gasteiger partial charge in [-0.2, -0.15) is 0 Å². The molecule has 0 bridgehead atoms. The highest BCUT2D eigenvalue weighted by molar-refractivity contribution is 5.76. The number of amides is 1. The molecule has 1 aromatic heterocycles. The summed E-state index contributed by atoms with van der Waals surface area (Å²) in [5.41, 5.74) is 1.62. The van der Waals surface area contributed by atoms with Crippen molar-refractivity contribution in [2.24, 2.45) is 0 Å². The van der Waals surface area contributed by atoms with Crippen molar-refractivity contribution < 1.29 is 9.53 Å².